The Balaban J connectivity index is 1.78. The molecule has 0 bridgehead atoms. The fraction of sp³-hybridized carbons (Fsp3) is 1.00. The monoisotopic (exact) mass is 246 g/mol. The highest BCUT2D eigenvalue weighted by Crippen LogP contribution is 2.21. The molecule has 88 valence electrons. The van der Waals surface area contributed by atoms with E-state index in [1.165, 1.54) is 55.7 Å². The molecular formula is C11H22N2S2. The van der Waals surface area contributed by atoms with Crippen LogP contribution in [0.4, 0.5) is 0 Å². The van der Waals surface area contributed by atoms with E-state index in [0.717, 1.165) is 6.04 Å². The molecule has 0 unspecified atom stereocenters. The van der Waals surface area contributed by atoms with E-state index in [0.29, 0.717) is 0 Å². The number of piperazine rings is 1. The molecule has 2 aliphatic heterocycles. The van der Waals surface area contributed by atoms with Crippen LogP contribution in [0.5, 0.6) is 0 Å². The minimum absolute atomic E-state index is 0.849. The molecule has 2 aliphatic rings. The van der Waals surface area contributed by atoms with Gasteiger partial charge in [-0.15, -0.1) is 0 Å². The van der Waals surface area contributed by atoms with Crippen molar-refractivity contribution in [2.24, 2.45) is 0 Å². The van der Waals surface area contributed by atoms with Gasteiger partial charge in [0, 0.05) is 55.2 Å². The van der Waals surface area contributed by atoms with Crippen molar-refractivity contribution in [3.8, 4) is 0 Å². The zero-order valence-electron chi connectivity index (χ0n) is 9.65. The molecule has 0 aromatic carbocycles. The van der Waals surface area contributed by atoms with Crippen LogP contribution in [0.15, 0.2) is 0 Å². The molecule has 2 rings (SSSR count). The number of thioether (sulfide) groups is 2. The third-order valence-electron chi connectivity index (χ3n) is 3.36. The molecule has 2 heterocycles. The molecule has 0 N–H and O–H groups in total. The van der Waals surface area contributed by atoms with Gasteiger partial charge in [-0.3, -0.25) is 4.90 Å². The van der Waals surface area contributed by atoms with E-state index in [1.54, 1.807) is 0 Å². The van der Waals surface area contributed by atoms with Gasteiger partial charge in [-0.1, -0.05) is 6.92 Å². The Morgan fingerprint density at radius 3 is 2.13 bits per heavy atom. The third kappa shape index (κ3) is 3.55. The second-order valence-electron chi connectivity index (χ2n) is 4.27. The number of nitrogens with zero attached hydrogens (tertiary/aromatic N) is 2. The van der Waals surface area contributed by atoms with E-state index >= 15 is 0 Å². The molecule has 0 aliphatic carbocycles. The van der Waals surface area contributed by atoms with Gasteiger partial charge in [-0.25, -0.2) is 0 Å². The Kier molecular flexibility index (Phi) is 5.14. The SMILES string of the molecule is CCN1CCN(C2CSCCSC2)CC1. The van der Waals surface area contributed by atoms with Gasteiger partial charge in [-0.05, 0) is 6.54 Å². The number of hydrogen-bond acceptors (Lipinski definition) is 4. The zero-order valence-corrected chi connectivity index (χ0v) is 11.3. The summed E-state index contributed by atoms with van der Waals surface area (Å²) >= 11 is 4.30. The Morgan fingerprint density at radius 1 is 1.00 bits per heavy atom. The smallest absolute Gasteiger partial charge is 0.0278 e. The van der Waals surface area contributed by atoms with Crippen molar-refractivity contribution in [3.05, 3.63) is 0 Å². The molecule has 0 amide bonds. The highest BCUT2D eigenvalue weighted by Gasteiger charge is 2.24. The van der Waals surface area contributed by atoms with Crippen LogP contribution in [0.2, 0.25) is 0 Å². The van der Waals surface area contributed by atoms with Crippen LogP contribution in [0, 0.1) is 0 Å². The lowest BCUT2D eigenvalue weighted by atomic mass is 10.2. The van der Waals surface area contributed by atoms with E-state index in [1.807, 2.05) is 0 Å². The highest BCUT2D eigenvalue weighted by atomic mass is 32.2. The Hall–Kier alpha value is 0.620. The molecule has 4 heteroatoms. The maximum absolute atomic E-state index is 2.72. The summed E-state index contributed by atoms with van der Waals surface area (Å²) in [7, 11) is 0. The minimum atomic E-state index is 0.849. The Morgan fingerprint density at radius 2 is 1.60 bits per heavy atom. The first-order chi connectivity index (χ1) is 7.40. The predicted octanol–water partition coefficient (Wildman–Crippen LogP) is 1.47. The van der Waals surface area contributed by atoms with Gasteiger partial charge in [0.25, 0.3) is 0 Å². The highest BCUT2D eigenvalue weighted by molar-refractivity contribution is 8.03. The van der Waals surface area contributed by atoms with Gasteiger partial charge in [0.1, 0.15) is 0 Å². The summed E-state index contributed by atoms with van der Waals surface area (Å²) in [6, 6.07) is 0.849. The van der Waals surface area contributed by atoms with Crippen LogP contribution < -0.4 is 0 Å². The van der Waals surface area contributed by atoms with E-state index in [-0.39, 0.29) is 0 Å². The van der Waals surface area contributed by atoms with Crippen molar-refractivity contribution >= 4 is 23.5 Å². The van der Waals surface area contributed by atoms with Crippen molar-refractivity contribution < 1.29 is 0 Å². The second-order valence-corrected chi connectivity index (χ2v) is 6.57. The number of hydrogen-bond donors (Lipinski definition) is 0. The molecular weight excluding hydrogens is 224 g/mol. The van der Waals surface area contributed by atoms with Crippen molar-refractivity contribution in [3.63, 3.8) is 0 Å². The molecule has 0 aromatic rings. The van der Waals surface area contributed by atoms with E-state index in [2.05, 4.69) is 40.2 Å². The second kappa shape index (κ2) is 6.38. The number of likely N-dealkylation sites (N-methyl/N-ethyl adjacent to an activating group) is 1. The summed E-state index contributed by atoms with van der Waals surface area (Å²) in [5.74, 6) is 5.43. The van der Waals surface area contributed by atoms with Crippen LogP contribution in [0.25, 0.3) is 0 Å². The minimum Gasteiger partial charge on any atom is -0.301 e. The average Bonchev–Trinajstić information content (AvgIpc) is 2.58. The summed E-state index contributed by atoms with van der Waals surface area (Å²) in [4.78, 5) is 5.28. The normalized spacial score (nSPS) is 27.8. The molecule has 0 atom stereocenters. The average molecular weight is 246 g/mol. The van der Waals surface area contributed by atoms with Crippen molar-refractivity contribution in [1.29, 1.82) is 0 Å². The molecule has 2 fully saturated rings. The van der Waals surface area contributed by atoms with Crippen LogP contribution in [0.1, 0.15) is 6.92 Å². The van der Waals surface area contributed by atoms with Gasteiger partial charge in [0.05, 0.1) is 0 Å². The lowest BCUT2D eigenvalue weighted by molar-refractivity contribution is 0.116. The fourth-order valence-corrected chi connectivity index (χ4v) is 4.89. The van der Waals surface area contributed by atoms with Crippen LogP contribution in [-0.2, 0) is 0 Å². The topological polar surface area (TPSA) is 6.48 Å². The standard InChI is InChI=1S/C11H22N2S2/c1-2-12-3-5-13(6-4-12)11-9-14-7-8-15-10-11/h11H,2-10H2,1H3. The predicted molar refractivity (Wildman–Crippen MR) is 72.1 cm³/mol. The first-order valence-corrected chi connectivity index (χ1v) is 8.33. The van der Waals surface area contributed by atoms with Crippen LogP contribution in [-0.4, -0.2) is 71.6 Å². The van der Waals surface area contributed by atoms with E-state index in [4.69, 9.17) is 0 Å². The first kappa shape index (κ1) is 12.1. The Labute approximate surface area is 102 Å². The third-order valence-corrected chi connectivity index (χ3v) is 5.85. The van der Waals surface area contributed by atoms with Gasteiger partial charge in [0.15, 0.2) is 0 Å². The molecule has 0 saturated carbocycles. The lowest BCUT2D eigenvalue weighted by Crippen LogP contribution is -2.51. The van der Waals surface area contributed by atoms with Gasteiger partial charge in [0.2, 0.25) is 0 Å². The van der Waals surface area contributed by atoms with Gasteiger partial charge in [-0.2, -0.15) is 23.5 Å². The largest absolute Gasteiger partial charge is 0.301 e. The first-order valence-electron chi connectivity index (χ1n) is 6.02. The van der Waals surface area contributed by atoms with Gasteiger partial charge < -0.3 is 4.90 Å². The van der Waals surface area contributed by atoms with Crippen LogP contribution >= 0.6 is 23.5 Å². The quantitative estimate of drug-likeness (QED) is 0.728. The summed E-state index contributed by atoms with van der Waals surface area (Å²) in [6.07, 6.45) is 0. The maximum Gasteiger partial charge on any atom is 0.0278 e. The summed E-state index contributed by atoms with van der Waals surface area (Å²) in [5.41, 5.74) is 0. The van der Waals surface area contributed by atoms with Crippen molar-refractivity contribution in [1.82, 2.24) is 9.80 Å². The van der Waals surface area contributed by atoms with Gasteiger partial charge >= 0.3 is 0 Å². The summed E-state index contributed by atoms with van der Waals surface area (Å²) < 4.78 is 0. The molecule has 2 saturated heterocycles. The van der Waals surface area contributed by atoms with Crippen molar-refractivity contribution in [2.45, 2.75) is 13.0 Å². The fourth-order valence-electron chi connectivity index (χ4n) is 2.26. The molecule has 0 radical (unpaired) electrons. The zero-order chi connectivity index (χ0) is 10.5. The molecule has 0 spiro atoms. The number of rotatable bonds is 2. The summed E-state index contributed by atoms with van der Waals surface area (Å²) in [6.45, 7) is 8.64. The van der Waals surface area contributed by atoms with Crippen molar-refractivity contribution in [2.75, 3.05) is 55.7 Å². The van der Waals surface area contributed by atoms with E-state index in [9.17, 15) is 0 Å². The Bertz CT molecular complexity index is 173. The van der Waals surface area contributed by atoms with E-state index < -0.39 is 0 Å². The van der Waals surface area contributed by atoms with Crippen LogP contribution in [0.3, 0.4) is 0 Å². The molecule has 0 aromatic heterocycles. The molecule has 15 heavy (non-hydrogen) atoms. The maximum atomic E-state index is 2.72. The lowest BCUT2D eigenvalue weighted by Gasteiger charge is -2.38. The summed E-state index contributed by atoms with van der Waals surface area (Å²) in [5, 5.41) is 0. The molecule has 2 nitrogen and oxygen atoms in total.